The minimum Gasteiger partial charge on any atom is -0.355 e. The van der Waals surface area contributed by atoms with Crippen LogP contribution in [0, 0.1) is 34.1 Å². The number of nitrogens with one attached hydrogen (secondary N) is 6. The Bertz CT molecular complexity index is 514. The van der Waals surface area contributed by atoms with Crippen molar-refractivity contribution in [2.45, 2.75) is 31.8 Å². The summed E-state index contributed by atoms with van der Waals surface area (Å²) in [5.74, 6) is -2.35. The molecule has 0 spiro atoms. The molecule has 0 aromatic rings. The van der Waals surface area contributed by atoms with Crippen LogP contribution in [0.5, 0.6) is 0 Å². The van der Waals surface area contributed by atoms with Crippen LogP contribution < -0.4 is 31.9 Å². The lowest BCUT2D eigenvalue weighted by atomic mass is 9.97. The quantitative estimate of drug-likeness (QED) is 0.159. The largest absolute Gasteiger partial charge is 0.355 e. The van der Waals surface area contributed by atoms with Gasteiger partial charge in [-0.3, -0.25) is 24.5 Å². The second-order valence-corrected chi connectivity index (χ2v) is 6.11. The van der Waals surface area contributed by atoms with Gasteiger partial charge in [-0.25, -0.2) is 0 Å². The number of ketones is 2. The Kier molecular flexibility index (Phi) is 14.1. The Hall–Kier alpha value is -1.88. The molecule has 0 aromatic carbocycles. The lowest BCUT2D eigenvalue weighted by Gasteiger charge is -2.21. The smallest absolute Gasteiger partial charge is 0.238 e. The third-order valence-corrected chi connectivity index (χ3v) is 3.87. The molecule has 2 amide bonds. The number of hydrogen-bond donors (Lipinski definition) is 6. The topological polar surface area (TPSA) is 140 Å². The van der Waals surface area contributed by atoms with Crippen molar-refractivity contribution in [3.63, 3.8) is 0 Å². The van der Waals surface area contributed by atoms with Crippen molar-refractivity contribution < 1.29 is 19.2 Å². The van der Waals surface area contributed by atoms with E-state index in [-0.39, 0.29) is 50.6 Å². The second kappa shape index (κ2) is 15.1. The molecule has 3 unspecified atom stereocenters. The van der Waals surface area contributed by atoms with E-state index in [0.717, 1.165) is 0 Å². The molecule has 0 aliphatic heterocycles. The van der Waals surface area contributed by atoms with E-state index in [1.54, 1.807) is 0 Å². The molecule has 8 radical (unpaired) electrons. The monoisotopic (exact) mass is 392 g/mol. The van der Waals surface area contributed by atoms with Crippen LogP contribution >= 0.6 is 0 Å². The molecule has 0 aliphatic carbocycles. The first-order valence-corrected chi connectivity index (χ1v) is 8.67. The molecule has 0 bridgehead atoms. The Morgan fingerprint density at radius 2 is 1.36 bits per heavy atom. The number of rotatable bonds is 16. The zero-order chi connectivity index (χ0) is 21.5. The second-order valence-electron chi connectivity index (χ2n) is 6.11. The van der Waals surface area contributed by atoms with Crippen LogP contribution in [0.1, 0.15) is 19.8 Å². The summed E-state index contributed by atoms with van der Waals surface area (Å²) >= 11 is 0. The Morgan fingerprint density at radius 3 is 1.86 bits per heavy atom. The highest BCUT2D eigenvalue weighted by Crippen LogP contribution is 2.07. The summed E-state index contributed by atoms with van der Waals surface area (Å²) < 4.78 is 0. The van der Waals surface area contributed by atoms with Crippen LogP contribution in [0.25, 0.3) is 0 Å². The highest BCUT2D eigenvalue weighted by atomic mass is 16.2. The van der Waals surface area contributed by atoms with E-state index >= 15 is 0 Å². The molecule has 154 valence electrons. The number of carbonyl (C=O) groups excluding carboxylic acids is 4. The van der Waals surface area contributed by atoms with Gasteiger partial charge in [0.05, 0.1) is 18.0 Å². The molecular formula is C18H28N6O4. The average molecular weight is 392 g/mol. The Balaban J connectivity index is 5.00. The van der Waals surface area contributed by atoms with Gasteiger partial charge < -0.3 is 26.6 Å². The van der Waals surface area contributed by atoms with E-state index in [9.17, 15) is 19.2 Å². The number of Topliss-reactive ketones (excluding diaryl/α,β-unsaturated/α-hetero) is 2. The summed E-state index contributed by atoms with van der Waals surface area (Å²) in [6.07, 6.45) is -0.0528. The predicted octanol–water partition coefficient (Wildman–Crippen LogP) is -2.46. The van der Waals surface area contributed by atoms with Crippen molar-refractivity contribution in [1.29, 1.82) is 0 Å². The van der Waals surface area contributed by atoms with Gasteiger partial charge in [-0.2, -0.15) is 0 Å². The molecule has 28 heavy (non-hydrogen) atoms. The molecule has 0 aromatic heterocycles. The minimum absolute atomic E-state index is 0.0536. The van der Waals surface area contributed by atoms with Gasteiger partial charge >= 0.3 is 0 Å². The van der Waals surface area contributed by atoms with Gasteiger partial charge in [0.1, 0.15) is 5.78 Å². The lowest BCUT2D eigenvalue weighted by molar-refractivity contribution is -0.131. The average Bonchev–Trinajstić information content (AvgIpc) is 2.66. The highest BCUT2D eigenvalue weighted by Gasteiger charge is 2.27. The van der Waals surface area contributed by atoms with E-state index in [2.05, 4.69) is 31.9 Å². The number of carbonyl (C=O) groups is 4. The zero-order valence-corrected chi connectivity index (χ0v) is 15.9. The van der Waals surface area contributed by atoms with Crippen LogP contribution in [0.4, 0.5) is 0 Å². The molecule has 0 fully saturated rings. The fourth-order valence-electron chi connectivity index (χ4n) is 2.22. The van der Waals surface area contributed by atoms with Gasteiger partial charge in [-0.05, 0) is 6.92 Å². The van der Waals surface area contributed by atoms with Gasteiger partial charge in [-0.1, -0.05) is 0 Å². The highest BCUT2D eigenvalue weighted by molar-refractivity contribution is 5.91. The van der Waals surface area contributed by atoms with Crippen molar-refractivity contribution in [2.75, 3.05) is 26.2 Å². The lowest BCUT2D eigenvalue weighted by Crippen LogP contribution is -2.50. The zero-order valence-electron chi connectivity index (χ0n) is 15.9. The van der Waals surface area contributed by atoms with Crippen molar-refractivity contribution in [1.82, 2.24) is 31.9 Å². The first-order chi connectivity index (χ1) is 13.3. The summed E-state index contributed by atoms with van der Waals surface area (Å²) in [5, 5.41) is 14.3. The molecule has 0 saturated heterocycles. The number of amides is 2. The fraction of sp³-hybridized carbons (Fsp3) is 0.556. The Morgan fingerprint density at radius 1 is 0.786 bits per heavy atom. The maximum absolute atomic E-state index is 12.4. The van der Waals surface area contributed by atoms with Crippen molar-refractivity contribution in [3.05, 3.63) is 28.2 Å². The van der Waals surface area contributed by atoms with Crippen LogP contribution in [-0.2, 0) is 19.2 Å². The normalized spacial score (nSPS) is 14.0. The van der Waals surface area contributed by atoms with Gasteiger partial charge in [0, 0.05) is 67.2 Å². The summed E-state index contributed by atoms with van der Waals surface area (Å²) in [6.45, 7) is 1.50. The van der Waals surface area contributed by atoms with E-state index in [1.807, 2.05) is 0 Å². The molecule has 10 nitrogen and oxygen atoms in total. The Labute approximate surface area is 167 Å². The van der Waals surface area contributed by atoms with E-state index in [0.29, 0.717) is 0 Å². The summed E-state index contributed by atoms with van der Waals surface area (Å²) in [5.41, 5.74) is 0. The van der Waals surface area contributed by atoms with Crippen molar-refractivity contribution in [3.8, 4) is 0 Å². The summed E-state index contributed by atoms with van der Waals surface area (Å²) in [4.78, 5) is 47.9. The van der Waals surface area contributed by atoms with Crippen molar-refractivity contribution in [2.24, 2.45) is 5.92 Å². The standard InChI is InChI=1S/C18H28N6O4/c1-12(25)6-7-23-17(27)13(8-16(26)14(21-4)10-19-2)9-24-18(28)15(22-5)11-20-3/h2-5,13-15,19-22H,6-11H2,1H3,(H,23,27)(H,24,28). The van der Waals surface area contributed by atoms with Gasteiger partial charge in [0.25, 0.3) is 0 Å². The molecule has 0 heterocycles. The van der Waals surface area contributed by atoms with E-state index in [4.69, 9.17) is 28.2 Å². The maximum atomic E-state index is 12.4. The maximum Gasteiger partial charge on any atom is 0.238 e. The van der Waals surface area contributed by atoms with E-state index < -0.39 is 29.8 Å². The molecule has 0 saturated carbocycles. The van der Waals surface area contributed by atoms with Crippen molar-refractivity contribution >= 4 is 23.4 Å². The summed E-state index contributed by atoms with van der Waals surface area (Å²) in [7, 11) is 21.0. The van der Waals surface area contributed by atoms with Crippen LogP contribution in [0.3, 0.4) is 0 Å². The van der Waals surface area contributed by atoms with Gasteiger partial charge in [0.2, 0.25) is 11.8 Å². The molecule has 0 rings (SSSR count). The van der Waals surface area contributed by atoms with Crippen LogP contribution in [0.15, 0.2) is 0 Å². The molecule has 6 N–H and O–H groups in total. The molecule has 10 heteroatoms. The van der Waals surface area contributed by atoms with Gasteiger partial charge in [0.15, 0.2) is 5.78 Å². The molecule has 0 aliphatic rings. The van der Waals surface area contributed by atoms with Crippen LogP contribution in [-0.4, -0.2) is 61.6 Å². The van der Waals surface area contributed by atoms with Crippen LogP contribution in [0.2, 0.25) is 0 Å². The van der Waals surface area contributed by atoms with E-state index in [1.165, 1.54) is 6.92 Å². The fourth-order valence-corrected chi connectivity index (χ4v) is 2.22. The SMILES string of the molecule is [CH]NCC(N[CH])C(=O)CC(CNC(=O)C(CN[CH])N[CH])C(=O)NCCC(C)=O. The third kappa shape index (κ3) is 10.5. The minimum atomic E-state index is -0.888. The molecule has 3 atom stereocenters. The van der Waals surface area contributed by atoms with Gasteiger partial charge in [-0.15, -0.1) is 0 Å². The number of hydrogen-bond acceptors (Lipinski definition) is 8. The first kappa shape index (κ1) is 26.1. The summed E-state index contributed by atoms with van der Waals surface area (Å²) in [6, 6.07) is -1.64. The molecular weight excluding hydrogens is 364 g/mol. The first-order valence-electron chi connectivity index (χ1n) is 8.67. The third-order valence-electron chi connectivity index (χ3n) is 3.87. The predicted molar refractivity (Wildman–Crippen MR) is 101 cm³/mol.